The van der Waals surface area contributed by atoms with Crippen LogP contribution in [0.1, 0.15) is 16.1 Å². The van der Waals surface area contributed by atoms with Crippen molar-refractivity contribution in [2.24, 2.45) is 0 Å². The second-order valence-corrected chi connectivity index (χ2v) is 6.31. The number of rotatable bonds is 4. The van der Waals surface area contributed by atoms with Gasteiger partial charge in [0.15, 0.2) is 0 Å². The summed E-state index contributed by atoms with van der Waals surface area (Å²) in [5.74, 6) is 0.887. The van der Waals surface area contributed by atoms with E-state index in [0.717, 1.165) is 27.7 Å². The number of hydrogen-bond acceptors (Lipinski definition) is 4. The summed E-state index contributed by atoms with van der Waals surface area (Å²) in [5.41, 5.74) is 10.9. The molecule has 1 heterocycles. The Morgan fingerprint density at radius 3 is 2.59 bits per heavy atom. The van der Waals surface area contributed by atoms with Crippen LogP contribution in [0.2, 0.25) is 0 Å². The van der Waals surface area contributed by atoms with Gasteiger partial charge in [-0.15, -0.1) is 11.3 Å². The smallest absolute Gasteiger partial charge is 0.140 e. The van der Waals surface area contributed by atoms with Gasteiger partial charge in [-0.25, -0.2) is 4.98 Å². The summed E-state index contributed by atoms with van der Waals surface area (Å²) in [5, 5.41) is 2.99. The van der Waals surface area contributed by atoms with E-state index in [0.29, 0.717) is 6.61 Å². The minimum absolute atomic E-state index is 0.482. The minimum Gasteiger partial charge on any atom is -0.486 e. The summed E-state index contributed by atoms with van der Waals surface area (Å²) < 4.78 is 5.85. The number of thiazole rings is 1. The Morgan fingerprint density at radius 1 is 1.09 bits per heavy atom. The molecule has 0 saturated heterocycles. The fraction of sp³-hybridized carbons (Fsp3) is 0.167. The van der Waals surface area contributed by atoms with Crippen molar-refractivity contribution in [3.05, 3.63) is 64.0 Å². The van der Waals surface area contributed by atoms with Crippen LogP contribution in [0.15, 0.2) is 47.8 Å². The highest BCUT2D eigenvalue weighted by molar-refractivity contribution is 7.09. The first-order chi connectivity index (χ1) is 10.6. The first kappa shape index (κ1) is 14.6. The number of nitrogen functional groups attached to an aromatic ring is 1. The predicted molar refractivity (Wildman–Crippen MR) is 92.2 cm³/mol. The second-order valence-electron chi connectivity index (χ2n) is 5.36. The van der Waals surface area contributed by atoms with Crippen LogP contribution in [0.25, 0.3) is 11.3 Å². The number of aromatic nitrogens is 1. The van der Waals surface area contributed by atoms with Gasteiger partial charge in [0.25, 0.3) is 0 Å². The molecular formula is C18H18N2OS. The van der Waals surface area contributed by atoms with Crippen LogP contribution in [-0.4, -0.2) is 4.98 Å². The van der Waals surface area contributed by atoms with Gasteiger partial charge in [-0.3, -0.25) is 0 Å². The number of aryl methyl sites for hydroxylation is 2. The third-order valence-electron chi connectivity index (χ3n) is 3.29. The second kappa shape index (κ2) is 6.20. The van der Waals surface area contributed by atoms with Crippen LogP contribution in [0.5, 0.6) is 5.75 Å². The standard InChI is InChI=1S/C18H18N2OS/c1-12-6-13(2)8-16(7-12)21-10-18-20-17(11-22-18)14-4-3-5-15(19)9-14/h3-9,11H,10,19H2,1-2H3. The average molecular weight is 310 g/mol. The van der Waals surface area contributed by atoms with Crippen molar-refractivity contribution in [1.29, 1.82) is 0 Å². The van der Waals surface area contributed by atoms with Crippen LogP contribution < -0.4 is 10.5 Å². The summed E-state index contributed by atoms with van der Waals surface area (Å²) in [4.78, 5) is 4.62. The number of hydrogen-bond donors (Lipinski definition) is 1. The van der Waals surface area contributed by atoms with E-state index in [1.54, 1.807) is 11.3 Å². The van der Waals surface area contributed by atoms with E-state index < -0.39 is 0 Å². The van der Waals surface area contributed by atoms with E-state index in [1.807, 2.05) is 41.8 Å². The van der Waals surface area contributed by atoms with Crippen molar-refractivity contribution in [2.45, 2.75) is 20.5 Å². The van der Waals surface area contributed by atoms with Gasteiger partial charge >= 0.3 is 0 Å². The van der Waals surface area contributed by atoms with Gasteiger partial charge in [0.05, 0.1) is 5.69 Å². The molecule has 0 aliphatic heterocycles. The van der Waals surface area contributed by atoms with Crippen molar-refractivity contribution in [3.8, 4) is 17.0 Å². The van der Waals surface area contributed by atoms with Gasteiger partial charge in [0, 0.05) is 16.6 Å². The molecule has 0 spiro atoms. The minimum atomic E-state index is 0.482. The van der Waals surface area contributed by atoms with Crippen LogP contribution in [-0.2, 0) is 6.61 Å². The largest absolute Gasteiger partial charge is 0.486 e. The van der Waals surface area contributed by atoms with Gasteiger partial charge in [-0.2, -0.15) is 0 Å². The molecule has 0 bridgehead atoms. The van der Waals surface area contributed by atoms with Gasteiger partial charge in [0.2, 0.25) is 0 Å². The molecule has 0 aliphatic carbocycles. The number of benzene rings is 2. The Bertz CT molecular complexity index is 775. The Kier molecular flexibility index (Phi) is 4.11. The molecule has 0 aliphatic rings. The van der Waals surface area contributed by atoms with E-state index in [-0.39, 0.29) is 0 Å². The Hall–Kier alpha value is -2.33. The molecule has 2 aromatic carbocycles. The van der Waals surface area contributed by atoms with Gasteiger partial charge in [-0.05, 0) is 49.2 Å². The first-order valence-electron chi connectivity index (χ1n) is 7.11. The fourth-order valence-corrected chi connectivity index (χ4v) is 3.08. The van der Waals surface area contributed by atoms with E-state index in [9.17, 15) is 0 Å². The molecule has 0 unspecified atom stereocenters. The average Bonchev–Trinajstić information content (AvgIpc) is 2.93. The maximum absolute atomic E-state index is 5.85. The fourth-order valence-electron chi connectivity index (χ4n) is 2.37. The highest BCUT2D eigenvalue weighted by Crippen LogP contribution is 2.25. The molecule has 3 aromatic rings. The monoisotopic (exact) mass is 310 g/mol. The zero-order valence-electron chi connectivity index (χ0n) is 12.7. The lowest BCUT2D eigenvalue weighted by atomic mass is 10.1. The quantitative estimate of drug-likeness (QED) is 0.717. The van der Waals surface area contributed by atoms with E-state index in [2.05, 4.69) is 24.9 Å². The third-order valence-corrected chi connectivity index (χ3v) is 4.11. The van der Waals surface area contributed by atoms with Crippen LogP contribution in [0.3, 0.4) is 0 Å². The van der Waals surface area contributed by atoms with E-state index in [4.69, 9.17) is 10.5 Å². The molecule has 4 heteroatoms. The molecule has 0 amide bonds. The SMILES string of the molecule is Cc1cc(C)cc(OCc2nc(-c3cccc(N)c3)cs2)c1. The molecule has 0 atom stereocenters. The third kappa shape index (κ3) is 3.46. The zero-order valence-corrected chi connectivity index (χ0v) is 13.5. The van der Waals surface area contributed by atoms with Crippen LogP contribution in [0, 0.1) is 13.8 Å². The molecule has 0 saturated carbocycles. The highest BCUT2D eigenvalue weighted by atomic mass is 32.1. The number of nitrogens with zero attached hydrogens (tertiary/aromatic N) is 1. The van der Waals surface area contributed by atoms with E-state index >= 15 is 0 Å². The van der Waals surface area contributed by atoms with Crippen molar-refractivity contribution in [3.63, 3.8) is 0 Å². The Balaban J connectivity index is 1.72. The molecule has 3 rings (SSSR count). The van der Waals surface area contributed by atoms with Crippen molar-refractivity contribution in [1.82, 2.24) is 4.98 Å². The summed E-state index contributed by atoms with van der Waals surface area (Å²) >= 11 is 1.60. The maximum Gasteiger partial charge on any atom is 0.140 e. The van der Waals surface area contributed by atoms with Gasteiger partial charge in [-0.1, -0.05) is 18.2 Å². The Labute approximate surface area is 134 Å². The molecule has 0 radical (unpaired) electrons. The van der Waals surface area contributed by atoms with Gasteiger partial charge < -0.3 is 10.5 Å². The Morgan fingerprint density at radius 2 is 1.86 bits per heavy atom. The summed E-state index contributed by atoms with van der Waals surface area (Å²) in [7, 11) is 0. The maximum atomic E-state index is 5.85. The summed E-state index contributed by atoms with van der Waals surface area (Å²) in [6, 6.07) is 14.0. The van der Waals surface area contributed by atoms with Crippen molar-refractivity contribution in [2.75, 3.05) is 5.73 Å². The zero-order chi connectivity index (χ0) is 15.5. The lowest BCUT2D eigenvalue weighted by Crippen LogP contribution is -1.96. The highest BCUT2D eigenvalue weighted by Gasteiger charge is 2.06. The molecule has 0 fully saturated rings. The van der Waals surface area contributed by atoms with Crippen LogP contribution >= 0.6 is 11.3 Å². The topological polar surface area (TPSA) is 48.1 Å². The summed E-state index contributed by atoms with van der Waals surface area (Å²) in [6.07, 6.45) is 0. The van der Waals surface area contributed by atoms with Crippen LogP contribution in [0.4, 0.5) is 5.69 Å². The van der Waals surface area contributed by atoms with Gasteiger partial charge in [0.1, 0.15) is 17.4 Å². The van der Waals surface area contributed by atoms with Crippen molar-refractivity contribution < 1.29 is 4.74 Å². The number of ether oxygens (including phenoxy) is 1. The molecular weight excluding hydrogens is 292 g/mol. The van der Waals surface area contributed by atoms with Crippen molar-refractivity contribution >= 4 is 17.0 Å². The molecule has 3 nitrogen and oxygen atoms in total. The molecule has 2 N–H and O–H groups in total. The summed E-state index contributed by atoms with van der Waals surface area (Å²) in [6.45, 7) is 4.62. The van der Waals surface area contributed by atoms with E-state index in [1.165, 1.54) is 11.1 Å². The molecule has 22 heavy (non-hydrogen) atoms. The molecule has 112 valence electrons. The lowest BCUT2D eigenvalue weighted by Gasteiger charge is -2.06. The lowest BCUT2D eigenvalue weighted by molar-refractivity contribution is 0.305. The number of nitrogens with two attached hydrogens (primary N) is 1. The first-order valence-corrected chi connectivity index (χ1v) is 7.99. The number of anilines is 1. The predicted octanol–water partition coefficient (Wildman–Crippen LogP) is 4.59. The molecule has 1 aromatic heterocycles. The normalized spacial score (nSPS) is 10.6.